The minimum Gasteiger partial charge on any atom is -0.457 e. The van der Waals surface area contributed by atoms with Gasteiger partial charge in [0.25, 0.3) is 0 Å². The van der Waals surface area contributed by atoms with Crippen LogP contribution in [0.25, 0.3) is 38.0 Å². The lowest BCUT2D eigenvalue weighted by molar-refractivity contribution is -0.666. The number of pyridine rings is 1. The van der Waals surface area contributed by atoms with Crippen molar-refractivity contribution < 1.29 is 8.98 Å². The van der Waals surface area contributed by atoms with Gasteiger partial charge in [-0.1, -0.05) is 18.2 Å². The third-order valence-electron chi connectivity index (χ3n) is 4.70. The predicted molar refractivity (Wildman–Crippen MR) is 96.1 cm³/mol. The molecule has 2 aromatic heterocycles. The molecule has 24 heavy (non-hydrogen) atoms. The number of benzene rings is 2. The van der Waals surface area contributed by atoms with Crippen LogP contribution in [0.3, 0.4) is 0 Å². The fourth-order valence-electron chi connectivity index (χ4n) is 3.30. The van der Waals surface area contributed by atoms with Crippen molar-refractivity contribution in [2.45, 2.75) is 13.8 Å². The summed E-state index contributed by atoms with van der Waals surface area (Å²) >= 11 is 0. The van der Waals surface area contributed by atoms with Crippen molar-refractivity contribution in [1.29, 1.82) is 0 Å². The number of hydrogen-bond acceptors (Lipinski definition) is 1. The standard InChI is InChI=1S/C21H17N2O/c1-13-8-11-18-21(16-10-9-15(22-3)12-19(16)24-18)20(13)17-7-5-6-14(2)23(17)4/h5-12H,1-2,4H3/q+1. The molecule has 4 aromatic rings. The molecule has 3 heteroatoms. The van der Waals surface area contributed by atoms with Crippen molar-refractivity contribution in [3.05, 3.63) is 71.2 Å². The average Bonchev–Trinajstić information content (AvgIpc) is 2.95. The second kappa shape index (κ2) is 5.21. The molecule has 0 aliphatic heterocycles. The normalized spacial score (nSPS) is 11.1. The average molecular weight is 313 g/mol. The van der Waals surface area contributed by atoms with Gasteiger partial charge in [0.05, 0.1) is 12.1 Å². The van der Waals surface area contributed by atoms with E-state index in [0.717, 1.165) is 27.6 Å². The predicted octanol–water partition coefficient (Wildman–Crippen LogP) is 5.25. The zero-order chi connectivity index (χ0) is 16.8. The van der Waals surface area contributed by atoms with Crippen molar-refractivity contribution in [3.8, 4) is 11.3 Å². The zero-order valence-corrected chi connectivity index (χ0v) is 13.9. The van der Waals surface area contributed by atoms with Crippen molar-refractivity contribution in [1.82, 2.24) is 0 Å². The van der Waals surface area contributed by atoms with Gasteiger partial charge in [-0.15, -0.1) is 0 Å². The number of nitrogens with zero attached hydrogens (tertiary/aromatic N) is 2. The summed E-state index contributed by atoms with van der Waals surface area (Å²) in [5, 5.41) is 2.17. The van der Waals surface area contributed by atoms with Crippen molar-refractivity contribution in [2.75, 3.05) is 0 Å². The smallest absolute Gasteiger partial charge is 0.213 e. The van der Waals surface area contributed by atoms with Gasteiger partial charge in [0.1, 0.15) is 18.2 Å². The lowest BCUT2D eigenvalue weighted by Gasteiger charge is -2.07. The zero-order valence-electron chi connectivity index (χ0n) is 13.9. The Kier molecular flexibility index (Phi) is 3.14. The molecule has 0 N–H and O–H groups in total. The molecule has 2 aromatic carbocycles. The van der Waals surface area contributed by atoms with Crippen molar-refractivity contribution >= 4 is 27.6 Å². The molecule has 0 atom stereocenters. The summed E-state index contributed by atoms with van der Waals surface area (Å²) in [6.45, 7) is 11.4. The maximum Gasteiger partial charge on any atom is 0.213 e. The summed E-state index contributed by atoms with van der Waals surface area (Å²) in [6.07, 6.45) is 0. The molecule has 0 spiro atoms. The number of aryl methyl sites for hydroxylation is 2. The molecular weight excluding hydrogens is 296 g/mol. The van der Waals surface area contributed by atoms with E-state index in [9.17, 15) is 0 Å². The van der Waals surface area contributed by atoms with Crippen LogP contribution in [0.2, 0.25) is 0 Å². The SMILES string of the molecule is [C-]#[N+]c1ccc2c(c1)oc1ccc(C)c(-c3cccc(C)[n+]3C)c12. The molecule has 2 heterocycles. The second-order valence-corrected chi connectivity index (χ2v) is 6.14. The maximum absolute atomic E-state index is 7.20. The second-order valence-electron chi connectivity index (χ2n) is 6.14. The molecule has 0 fully saturated rings. The maximum atomic E-state index is 7.20. The van der Waals surface area contributed by atoms with Gasteiger partial charge in [-0.05, 0) is 30.7 Å². The summed E-state index contributed by atoms with van der Waals surface area (Å²) in [5.74, 6) is 0. The quantitative estimate of drug-likeness (QED) is 0.347. The minimum atomic E-state index is 0.598. The highest BCUT2D eigenvalue weighted by molar-refractivity contribution is 6.13. The van der Waals surface area contributed by atoms with Gasteiger partial charge < -0.3 is 4.42 Å². The first-order chi connectivity index (χ1) is 11.6. The lowest BCUT2D eigenvalue weighted by Crippen LogP contribution is -2.34. The van der Waals surface area contributed by atoms with E-state index in [1.54, 1.807) is 0 Å². The molecule has 3 nitrogen and oxygen atoms in total. The van der Waals surface area contributed by atoms with Crippen LogP contribution >= 0.6 is 0 Å². The summed E-state index contributed by atoms with van der Waals surface area (Å²) in [6, 6.07) is 16.1. The Hall–Kier alpha value is -3.12. The molecule has 0 aliphatic carbocycles. The summed E-state index contributed by atoms with van der Waals surface area (Å²) in [5.41, 5.74) is 6.98. The van der Waals surface area contributed by atoms with Gasteiger partial charge in [0.2, 0.25) is 5.69 Å². The highest BCUT2D eigenvalue weighted by atomic mass is 16.3. The highest BCUT2D eigenvalue weighted by Crippen LogP contribution is 2.38. The molecule has 116 valence electrons. The first kappa shape index (κ1) is 14.5. The number of furan rings is 1. The van der Waals surface area contributed by atoms with Gasteiger partial charge in [-0.3, -0.25) is 0 Å². The third kappa shape index (κ3) is 2.00. The van der Waals surface area contributed by atoms with Crippen LogP contribution in [0, 0.1) is 20.4 Å². The van der Waals surface area contributed by atoms with Crippen LogP contribution in [0.15, 0.2) is 52.9 Å². The molecule has 0 aliphatic rings. The molecule has 0 saturated heterocycles. The molecule has 0 unspecified atom stereocenters. The van der Waals surface area contributed by atoms with Crippen molar-refractivity contribution in [3.63, 3.8) is 0 Å². The Morgan fingerprint density at radius 3 is 2.62 bits per heavy atom. The van der Waals surface area contributed by atoms with E-state index < -0.39 is 0 Å². The van der Waals surface area contributed by atoms with Gasteiger partial charge in [-0.25, -0.2) is 4.85 Å². The summed E-state index contributed by atoms with van der Waals surface area (Å²) in [4.78, 5) is 3.50. The van der Waals surface area contributed by atoms with E-state index in [1.807, 2.05) is 24.3 Å². The number of hydrogen-bond donors (Lipinski definition) is 0. The van der Waals surface area contributed by atoms with E-state index in [2.05, 4.69) is 54.6 Å². The number of fused-ring (bicyclic) bond motifs is 3. The molecule has 4 rings (SSSR count). The number of aromatic nitrogens is 1. The Bertz CT molecular complexity index is 1150. The molecule has 0 saturated carbocycles. The van der Waals surface area contributed by atoms with Gasteiger partial charge in [-0.2, -0.15) is 4.57 Å². The topological polar surface area (TPSA) is 21.4 Å². The van der Waals surface area contributed by atoms with Gasteiger partial charge in [0, 0.05) is 29.8 Å². The fourth-order valence-corrected chi connectivity index (χ4v) is 3.30. The molecule has 0 radical (unpaired) electrons. The Morgan fingerprint density at radius 1 is 1.00 bits per heavy atom. The van der Waals surface area contributed by atoms with Crippen LogP contribution in [0.1, 0.15) is 11.3 Å². The largest absolute Gasteiger partial charge is 0.457 e. The molecule has 0 bridgehead atoms. The minimum absolute atomic E-state index is 0.598. The lowest BCUT2D eigenvalue weighted by atomic mass is 9.97. The third-order valence-corrected chi connectivity index (χ3v) is 4.70. The van der Waals surface area contributed by atoms with E-state index in [1.165, 1.54) is 16.8 Å². The molecule has 0 amide bonds. The van der Waals surface area contributed by atoms with Crippen LogP contribution < -0.4 is 4.57 Å². The fraction of sp³-hybridized carbons (Fsp3) is 0.143. The van der Waals surface area contributed by atoms with Gasteiger partial charge >= 0.3 is 0 Å². The summed E-state index contributed by atoms with van der Waals surface area (Å²) in [7, 11) is 2.09. The Morgan fingerprint density at radius 2 is 1.83 bits per heavy atom. The first-order valence-electron chi connectivity index (χ1n) is 7.89. The van der Waals surface area contributed by atoms with E-state index in [0.29, 0.717) is 5.69 Å². The Labute approximate surface area is 140 Å². The van der Waals surface area contributed by atoms with Gasteiger partial charge in [0.15, 0.2) is 11.4 Å². The van der Waals surface area contributed by atoms with Crippen LogP contribution in [-0.4, -0.2) is 0 Å². The first-order valence-corrected chi connectivity index (χ1v) is 7.89. The van der Waals surface area contributed by atoms with E-state index >= 15 is 0 Å². The van der Waals surface area contributed by atoms with E-state index in [4.69, 9.17) is 11.0 Å². The monoisotopic (exact) mass is 313 g/mol. The van der Waals surface area contributed by atoms with Crippen LogP contribution in [-0.2, 0) is 7.05 Å². The number of rotatable bonds is 1. The summed E-state index contributed by atoms with van der Waals surface area (Å²) < 4.78 is 8.23. The van der Waals surface area contributed by atoms with Crippen LogP contribution in [0.4, 0.5) is 5.69 Å². The van der Waals surface area contributed by atoms with Crippen molar-refractivity contribution in [2.24, 2.45) is 7.05 Å². The molecular formula is C21H17N2O+. The van der Waals surface area contributed by atoms with E-state index in [-0.39, 0.29) is 0 Å². The highest BCUT2D eigenvalue weighted by Gasteiger charge is 2.21. The van der Waals surface area contributed by atoms with Crippen LogP contribution in [0.5, 0.6) is 0 Å². The Balaban J connectivity index is 2.17.